The van der Waals surface area contributed by atoms with Crippen molar-refractivity contribution in [3.8, 4) is 0 Å². The molecular formula is C17H23N5O2S. The lowest BCUT2D eigenvalue weighted by Gasteiger charge is -2.19. The van der Waals surface area contributed by atoms with E-state index in [9.17, 15) is 8.42 Å². The zero-order valence-electron chi connectivity index (χ0n) is 14.5. The largest absolute Gasteiger partial charge is 0.366 e. The highest BCUT2D eigenvalue weighted by molar-refractivity contribution is 7.91. The van der Waals surface area contributed by atoms with Crippen LogP contribution in [-0.2, 0) is 16.3 Å². The molecule has 3 heterocycles. The summed E-state index contributed by atoms with van der Waals surface area (Å²) in [5.74, 6) is 1.73. The molecule has 0 saturated carbocycles. The van der Waals surface area contributed by atoms with Crippen LogP contribution in [0, 0.1) is 6.92 Å². The molecule has 0 aliphatic carbocycles. The molecule has 1 atom stereocenters. The van der Waals surface area contributed by atoms with Crippen molar-refractivity contribution in [3.63, 3.8) is 0 Å². The zero-order chi connectivity index (χ0) is 17.9. The molecule has 0 amide bonds. The summed E-state index contributed by atoms with van der Waals surface area (Å²) in [5, 5.41) is 3.24. The number of anilines is 2. The molecule has 7 nitrogen and oxygen atoms in total. The van der Waals surface area contributed by atoms with Crippen molar-refractivity contribution in [1.29, 1.82) is 0 Å². The topological polar surface area (TPSA) is 88.1 Å². The van der Waals surface area contributed by atoms with Gasteiger partial charge in [-0.25, -0.2) is 13.4 Å². The Morgan fingerprint density at radius 3 is 2.72 bits per heavy atom. The molecule has 1 N–H and O–H groups in total. The molecule has 2 aromatic heterocycles. The summed E-state index contributed by atoms with van der Waals surface area (Å²) in [6.45, 7) is 2.70. The Kier molecular flexibility index (Phi) is 5.17. The second-order valence-corrected chi connectivity index (χ2v) is 8.69. The standard InChI is InChI=1S/C17H23N5O2S/c1-13-11-16(20-15-6-10-25(23,24)12-15)21-17(19-13)22(2)9-5-14-3-7-18-8-4-14/h3-4,7-8,11,15H,5-6,9-10,12H2,1-2H3,(H,19,20,21). The Morgan fingerprint density at radius 1 is 1.28 bits per heavy atom. The molecule has 1 aliphatic rings. The number of nitrogens with one attached hydrogen (secondary N) is 1. The summed E-state index contributed by atoms with van der Waals surface area (Å²) in [6.07, 6.45) is 5.07. The van der Waals surface area contributed by atoms with Crippen molar-refractivity contribution >= 4 is 21.6 Å². The third-order valence-electron chi connectivity index (χ3n) is 4.25. The van der Waals surface area contributed by atoms with Crippen molar-refractivity contribution in [2.24, 2.45) is 0 Å². The van der Waals surface area contributed by atoms with Gasteiger partial charge in [-0.2, -0.15) is 4.98 Å². The van der Waals surface area contributed by atoms with Crippen LogP contribution in [-0.4, -0.2) is 54.5 Å². The van der Waals surface area contributed by atoms with Crippen molar-refractivity contribution in [1.82, 2.24) is 15.0 Å². The van der Waals surface area contributed by atoms with Crippen molar-refractivity contribution in [2.75, 3.05) is 35.3 Å². The van der Waals surface area contributed by atoms with Crippen molar-refractivity contribution < 1.29 is 8.42 Å². The first-order valence-corrected chi connectivity index (χ1v) is 10.2. The van der Waals surface area contributed by atoms with Crippen LogP contribution in [0.25, 0.3) is 0 Å². The maximum Gasteiger partial charge on any atom is 0.227 e. The lowest BCUT2D eigenvalue weighted by Crippen LogP contribution is -2.25. The van der Waals surface area contributed by atoms with Crippen LogP contribution in [0.1, 0.15) is 17.7 Å². The first-order chi connectivity index (χ1) is 11.9. The van der Waals surface area contributed by atoms with Gasteiger partial charge in [-0.15, -0.1) is 0 Å². The highest BCUT2D eigenvalue weighted by atomic mass is 32.2. The van der Waals surface area contributed by atoms with E-state index in [2.05, 4.69) is 20.3 Å². The third kappa shape index (κ3) is 4.88. The van der Waals surface area contributed by atoms with Crippen LogP contribution >= 0.6 is 0 Å². The van der Waals surface area contributed by atoms with Gasteiger partial charge in [0.1, 0.15) is 5.82 Å². The summed E-state index contributed by atoms with van der Waals surface area (Å²) in [6, 6.07) is 5.77. The molecule has 1 aliphatic heterocycles. The van der Waals surface area contributed by atoms with Gasteiger partial charge in [0.15, 0.2) is 9.84 Å². The summed E-state index contributed by atoms with van der Waals surface area (Å²) in [4.78, 5) is 15.1. The third-order valence-corrected chi connectivity index (χ3v) is 6.02. The molecule has 134 valence electrons. The molecule has 1 unspecified atom stereocenters. The zero-order valence-corrected chi connectivity index (χ0v) is 15.3. The number of aryl methyl sites for hydroxylation is 1. The van der Waals surface area contributed by atoms with Crippen molar-refractivity contribution in [2.45, 2.75) is 25.8 Å². The van der Waals surface area contributed by atoms with Gasteiger partial charge in [0.05, 0.1) is 11.5 Å². The van der Waals surface area contributed by atoms with E-state index in [0.29, 0.717) is 18.2 Å². The van der Waals surface area contributed by atoms with Gasteiger partial charge in [-0.3, -0.25) is 4.98 Å². The van der Waals surface area contributed by atoms with E-state index in [1.54, 1.807) is 12.4 Å². The number of rotatable bonds is 6. The first kappa shape index (κ1) is 17.6. The summed E-state index contributed by atoms with van der Waals surface area (Å²) in [5.41, 5.74) is 2.06. The molecule has 2 aromatic rings. The number of pyridine rings is 1. The van der Waals surface area contributed by atoms with E-state index in [0.717, 1.165) is 18.7 Å². The molecule has 1 fully saturated rings. The van der Waals surface area contributed by atoms with Crippen LogP contribution in [0.15, 0.2) is 30.6 Å². The van der Waals surface area contributed by atoms with Crippen LogP contribution in [0.4, 0.5) is 11.8 Å². The van der Waals surface area contributed by atoms with Gasteiger partial charge in [0.2, 0.25) is 5.95 Å². The van der Waals surface area contributed by atoms with Gasteiger partial charge in [-0.05, 0) is 37.5 Å². The number of likely N-dealkylation sites (N-methyl/N-ethyl adjacent to an activating group) is 1. The maximum atomic E-state index is 11.6. The van der Waals surface area contributed by atoms with E-state index in [1.165, 1.54) is 5.56 Å². The molecule has 3 rings (SSSR count). The van der Waals surface area contributed by atoms with E-state index >= 15 is 0 Å². The average Bonchev–Trinajstić information content (AvgIpc) is 2.91. The normalized spacial score (nSPS) is 18.9. The summed E-state index contributed by atoms with van der Waals surface area (Å²) in [7, 11) is -0.955. The molecule has 0 radical (unpaired) electrons. The van der Waals surface area contributed by atoms with Crippen LogP contribution < -0.4 is 10.2 Å². The number of nitrogens with zero attached hydrogens (tertiary/aromatic N) is 4. The lowest BCUT2D eigenvalue weighted by atomic mass is 10.2. The minimum atomic E-state index is -2.91. The quantitative estimate of drug-likeness (QED) is 0.833. The van der Waals surface area contributed by atoms with Gasteiger partial charge in [0.25, 0.3) is 0 Å². The number of sulfone groups is 1. The Hall–Kier alpha value is -2.22. The summed E-state index contributed by atoms with van der Waals surface area (Å²) >= 11 is 0. The Bertz CT molecular complexity index is 826. The fourth-order valence-corrected chi connectivity index (χ4v) is 4.54. The molecule has 0 aromatic carbocycles. The van der Waals surface area contributed by atoms with Crippen molar-refractivity contribution in [3.05, 3.63) is 41.9 Å². The average molecular weight is 361 g/mol. The first-order valence-electron chi connectivity index (χ1n) is 8.34. The van der Waals surface area contributed by atoms with E-state index < -0.39 is 9.84 Å². The molecule has 1 saturated heterocycles. The van der Waals surface area contributed by atoms with E-state index in [4.69, 9.17) is 0 Å². The van der Waals surface area contributed by atoms with E-state index in [1.807, 2.05) is 37.1 Å². The minimum Gasteiger partial charge on any atom is -0.366 e. The molecule has 8 heteroatoms. The van der Waals surface area contributed by atoms with Crippen LogP contribution in [0.3, 0.4) is 0 Å². The van der Waals surface area contributed by atoms with Gasteiger partial charge < -0.3 is 10.2 Å². The molecule has 0 bridgehead atoms. The molecular weight excluding hydrogens is 338 g/mol. The second kappa shape index (κ2) is 7.35. The van der Waals surface area contributed by atoms with Gasteiger partial charge >= 0.3 is 0 Å². The van der Waals surface area contributed by atoms with E-state index in [-0.39, 0.29) is 17.5 Å². The fraction of sp³-hybridized carbons (Fsp3) is 0.471. The molecule has 25 heavy (non-hydrogen) atoms. The number of hydrogen-bond donors (Lipinski definition) is 1. The number of hydrogen-bond acceptors (Lipinski definition) is 7. The Balaban J connectivity index is 1.66. The monoisotopic (exact) mass is 361 g/mol. The Morgan fingerprint density at radius 2 is 2.04 bits per heavy atom. The molecule has 0 spiro atoms. The van der Waals surface area contributed by atoms with Crippen LogP contribution in [0.5, 0.6) is 0 Å². The summed E-state index contributed by atoms with van der Waals surface area (Å²) < 4.78 is 23.2. The number of aromatic nitrogens is 3. The minimum absolute atomic E-state index is 0.0747. The smallest absolute Gasteiger partial charge is 0.227 e. The Labute approximate surface area is 148 Å². The van der Waals surface area contributed by atoms with Gasteiger partial charge in [-0.1, -0.05) is 0 Å². The van der Waals surface area contributed by atoms with Crippen LogP contribution in [0.2, 0.25) is 0 Å². The predicted octanol–water partition coefficient (Wildman–Crippen LogP) is 1.46. The highest BCUT2D eigenvalue weighted by Crippen LogP contribution is 2.19. The second-order valence-electron chi connectivity index (χ2n) is 6.47. The highest BCUT2D eigenvalue weighted by Gasteiger charge is 2.28. The maximum absolute atomic E-state index is 11.6. The SMILES string of the molecule is Cc1cc(NC2CCS(=O)(=O)C2)nc(N(C)CCc2ccncc2)n1. The lowest BCUT2D eigenvalue weighted by molar-refractivity contribution is 0.602. The fourth-order valence-electron chi connectivity index (χ4n) is 2.86. The predicted molar refractivity (Wildman–Crippen MR) is 98.7 cm³/mol. The van der Waals surface area contributed by atoms with Gasteiger partial charge in [0, 0.05) is 43.8 Å².